The van der Waals surface area contributed by atoms with Gasteiger partial charge in [-0.3, -0.25) is 4.18 Å². The first kappa shape index (κ1) is 25.4. The number of halogens is 3. The number of carbonyl (C=O) groups is 1. The number of hydrogen-bond acceptors (Lipinski definition) is 7. The highest BCUT2D eigenvalue weighted by atomic mass is 35.5. The smallest absolute Gasteiger partial charge is 0.338 e. The van der Waals surface area contributed by atoms with Crippen LogP contribution in [0.4, 0.5) is 0 Å². The first-order valence-electron chi connectivity index (χ1n) is 9.00. The van der Waals surface area contributed by atoms with Crippen molar-refractivity contribution in [2.75, 3.05) is 13.7 Å². The van der Waals surface area contributed by atoms with Crippen molar-refractivity contribution >= 4 is 57.1 Å². The molecule has 168 valence electrons. The van der Waals surface area contributed by atoms with Crippen molar-refractivity contribution in [3.63, 3.8) is 0 Å². The lowest BCUT2D eigenvalue weighted by Crippen LogP contribution is -2.26. The van der Waals surface area contributed by atoms with Crippen molar-refractivity contribution in [1.82, 2.24) is 0 Å². The molecule has 0 heterocycles. The molecule has 0 spiro atoms. The van der Waals surface area contributed by atoms with Gasteiger partial charge in [-0.2, -0.15) is 8.42 Å². The third kappa shape index (κ3) is 7.66. The largest absolute Gasteiger partial charge is 0.459 e. The summed E-state index contributed by atoms with van der Waals surface area (Å²) in [5.41, 5.74) is 1.32. The quantitative estimate of drug-likeness (QED) is 0.142. The third-order valence-corrected chi connectivity index (χ3v) is 6.54. The maximum atomic E-state index is 12.8. The molecule has 0 fully saturated rings. The van der Waals surface area contributed by atoms with Crippen LogP contribution in [0.1, 0.15) is 28.8 Å². The van der Waals surface area contributed by atoms with E-state index in [4.69, 9.17) is 43.7 Å². The molecule has 1 atom stereocenters. The summed E-state index contributed by atoms with van der Waals surface area (Å²) in [6, 6.07) is 9.07. The van der Waals surface area contributed by atoms with Gasteiger partial charge in [0.15, 0.2) is 0 Å². The maximum absolute atomic E-state index is 12.8. The topological polar surface area (TPSA) is 91.3 Å². The molecular weight excluding hydrogens is 489 g/mol. The van der Waals surface area contributed by atoms with Crippen molar-refractivity contribution in [2.45, 2.75) is 30.8 Å². The van der Waals surface area contributed by atoms with Gasteiger partial charge in [-0.15, -0.1) is 0 Å². The molecular formula is C20H20Cl3NO6S. The minimum absolute atomic E-state index is 0.00261. The zero-order valence-corrected chi connectivity index (χ0v) is 19.8. The lowest BCUT2D eigenvalue weighted by molar-refractivity contribution is 0.0311. The molecule has 0 amide bonds. The summed E-state index contributed by atoms with van der Waals surface area (Å²) in [5.74, 6) is -0.607. The lowest BCUT2D eigenvalue weighted by atomic mass is 10.1. The minimum Gasteiger partial charge on any atom is -0.459 e. The third-order valence-electron chi connectivity index (χ3n) is 3.99. The molecule has 0 saturated heterocycles. The van der Waals surface area contributed by atoms with Crippen molar-refractivity contribution < 1.29 is 27.0 Å². The van der Waals surface area contributed by atoms with E-state index in [-0.39, 0.29) is 33.0 Å². The van der Waals surface area contributed by atoms with E-state index in [2.05, 4.69) is 9.99 Å². The number of aryl methyl sites for hydroxylation is 1. The number of rotatable bonds is 10. The van der Waals surface area contributed by atoms with E-state index in [1.807, 2.05) is 6.92 Å². The Morgan fingerprint density at radius 3 is 2.39 bits per heavy atom. The Kier molecular flexibility index (Phi) is 9.58. The predicted octanol–water partition coefficient (Wildman–Crippen LogP) is 5.30. The van der Waals surface area contributed by atoms with E-state index in [1.54, 1.807) is 24.3 Å². The second kappa shape index (κ2) is 11.7. The van der Waals surface area contributed by atoms with Gasteiger partial charge in [-0.05, 0) is 44.0 Å². The molecule has 11 heteroatoms. The molecule has 0 aliphatic carbocycles. The Morgan fingerprint density at radius 2 is 1.74 bits per heavy atom. The van der Waals surface area contributed by atoms with E-state index in [9.17, 15) is 13.2 Å². The summed E-state index contributed by atoms with van der Waals surface area (Å²) in [6.07, 6.45) is 0.919. The number of esters is 1. The monoisotopic (exact) mass is 507 g/mol. The Hall–Kier alpha value is -1.84. The highest BCUT2D eigenvalue weighted by Gasteiger charge is 2.26. The van der Waals surface area contributed by atoms with Crippen LogP contribution < -0.4 is 0 Å². The summed E-state index contributed by atoms with van der Waals surface area (Å²) in [4.78, 5) is 16.5. The Bertz CT molecular complexity index is 1040. The zero-order chi connectivity index (χ0) is 23.0. The van der Waals surface area contributed by atoms with Crippen LogP contribution in [0, 0.1) is 6.92 Å². The highest BCUT2D eigenvalue weighted by molar-refractivity contribution is 7.87. The maximum Gasteiger partial charge on any atom is 0.338 e. The summed E-state index contributed by atoms with van der Waals surface area (Å²) in [5, 5.41) is 3.55. The van der Waals surface area contributed by atoms with Crippen molar-refractivity contribution in [3.05, 3.63) is 62.6 Å². The number of hydrogen-bond donors (Lipinski definition) is 0. The fourth-order valence-corrected chi connectivity index (χ4v) is 4.48. The fourth-order valence-electron chi connectivity index (χ4n) is 2.42. The van der Waals surface area contributed by atoms with Crippen LogP contribution in [0.2, 0.25) is 15.1 Å². The molecule has 0 unspecified atom stereocenters. The second-order valence-corrected chi connectivity index (χ2v) is 9.14. The number of ether oxygens (including phenoxy) is 1. The van der Waals surface area contributed by atoms with Gasteiger partial charge in [0.1, 0.15) is 24.7 Å². The molecule has 2 aromatic rings. The standard InChI is InChI=1S/C20H20Cl3NO6S/c1-13-5-7-14(8-6-13)20(25)29-12-15(4-3-9-24-28-2)30-31(26,27)19-11-17(22)16(21)10-18(19)23/h5-11,15H,3-4,12H2,1-2H3/t15-/m0/s1. The van der Waals surface area contributed by atoms with Crippen molar-refractivity contribution in [1.29, 1.82) is 0 Å². The van der Waals surface area contributed by atoms with Crippen LogP contribution >= 0.6 is 34.8 Å². The molecule has 0 aliphatic heterocycles. The van der Waals surface area contributed by atoms with Gasteiger partial charge >= 0.3 is 5.97 Å². The average Bonchev–Trinajstić information content (AvgIpc) is 2.71. The van der Waals surface area contributed by atoms with E-state index >= 15 is 0 Å². The van der Waals surface area contributed by atoms with Crippen LogP contribution in [0.25, 0.3) is 0 Å². The molecule has 0 aliphatic rings. The van der Waals surface area contributed by atoms with Gasteiger partial charge in [0.2, 0.25) is 0 Å². The SMILES string of the molecule is CON=CCC[C@@H](COC(=O)c1ccc(C)cc1)OS(=O)(=O)c1cc(Cl)c(Cl)cc1Cl. The number of nitrogens with zero attached hydrogens (tertiary/aromatic N) is 1. The fraction of sp³-hybridized carbons (Fsp3) is 0.300. The molecule has 31 heavy (non-hydrogen) atoms. The van der Waals surface area contributed by atoms with Gasteiger partial charge in [0, 0.05) is 6.21 Å². The van der Waals surface area contributed by atoms with Gasteiger partial charge in [0.25, 0.3) is 10.1 Å². The zero-order valence-electron chi connectivity index (χ0n) is 16.7. The predicted molar refractivity (Wildman–Crippen MR) is 120 cm³/mol. The van der Waals surface area contributed by atoms with Gasteiger partial charge in [-0.1, -0.05) is 57.7 Å². The molecule has 7 nitrogen and oxygen atoms in total. The van der Waals surface area contributed by atoms with Crippen LogP contribution in [0.15, 0.2) is 46.4 Å². The van der Waals surface area contributed by atoms with Gasteiger partial charge in [0.05, 0.1) is 20.6 Å². The summed E-state index contributed by atoms with van der Waals surface area (Å²) in [6.45, 7) is 1.57. The lowest BCUT2D eigenvalue weighted by Gasteiger charge is -2.18. The first-order valence-corrected chi connectivity index (χ1v) is 11.5. The van der Waals surface area contributed by atoms with Crippen LogP contribution in [0.3, 0.4) is 0 Å². The number of carbonyl (C=O) groups excluding carboxylic acids is 1. The van der Waals surface area contributed by atoms with Crippen molar-refractivity contribution in [3.8, 4) is 0 Å². The summed E-state index contributed by atoms with van der Waals surface area (Å²) < 4.78 is 36.1. The normalized spacial score (nSPS) is 12.7. The highest BCUT2D eigenvalue weighted by Crippen LogP contribution is 2.33. The molecule has 0 aromatic heterocycles. The summed E-state index contributed by atoms with van der Waals surface area (Å²) in [7, 11) is -2.95. The average molecular weight is 509 g/mol. The molecule has 2 rings (SSSR count). The minimum atomic E-state index is -4.33. The van der Waals surface area contributed by atoms with E-state index in [0.717, 1.165) is 11.6 Å². The van der Waals surface area contributed by atoms with Crippen LogP contribution in [0.5, 0.6) is 0 Å². The van der Waals surface area contributed by atoms with Gasteiger partial charge in [-0.25, -0.2) is 4.79 Å². The Morgan fingerprint density at radius 1 is 1.10 bits per heavy atom. The van der Waals surface area contributed by atoms with Gasteiger partial charge < -0.3 is 9.57 Å². The first-order chi connectivity index (χ1) is 14.6. The van der Waals surface area contributed by atoms with Crippen molar-refractivity contribution in [2.24, 2.45) is 5.16 Å². The Balaban J connectivity index is 2.16. The van der Waals surface area contributed by atoms with E-state index < -0.39 is 22.2 Å². The van der Waals surface area contributed by atoms with Crippen LogP contribution in [-0.4, -0.2) is 40.4 Å². The molecule has 0 bridgehead atoms. The molecule has 0 saturated carbocycles. The summed E-state index contributed by atoms with van der Waals surface area (Å²) >= 11 is 17.8. The van der Waals surface area contributed by atoms with Crippen LogP contribution in [-0.2, 0) is 23.9 Å². The molecule has 2 aromatic carbocycles. The molecule has 0 radical (unpaired) electrons. The van der Waals surface area contributed by atoms with E-state index in [0.29, 0.717) is 12.0 Å². The molecule has 0 N–H and O–H groups in total. The second-order valence-electron chi connectivity index (χ2n) is 6.38. The Labute approximate surface area is 196 Å². The van der Waals surface area contributed by atoms with E-state index in [1.165, 1.54) is 19.4 Å². The number of benzene rings is 2. The number of oxime groups is 1.